The molecule has 0 aromatic carbocycles. The van der Waals surface area contributed by atoms with Crippen LogP contribution in [-0.4, -0.2) is 37.4 Å². The number of epoxide rings is 1. The highest BCUT2D eigenvalue weighted by Gasteiger charge is 2.47. The van der Waals surface area contributed by atoms with E-state index >= 15 is 0 Å². The van der Waals surface area contributed by atoms with Crippen molar-refractivity contribution in [1.82, 2.24) is 0 Å². The Balaban J connectivity index is 1.42. The van der Waals surface area contributed by atoms with Gasteiger partial charge >= 0.3 is 11.9 Å². The van der Waals surface area contributed by atoms with Crippen molar-refractivity contribution >= 4 is 11.9 Å². The van der Waals surface area contributed by atoms with Crippen LogP contribution in [0.3, 0.4) is 0 Å². The first-order chi connectivity index (χ1) is 24.2. The lowest BCUT2D eigenvalue weighted by molar-refractivity contribution is -0.142. The minimum atomic E-state index is -0.343. The molecule has 0 amide bonds. The number of ether oxygens (including phenoxy) is 3. The summed E-state index contributed by atoms with van der Waals surface area (Å²) in [6, 6.07) is 0. The minimum absolute atomic E-state index is 0.0648. The number of rotatable bonds is 36. The number of carbonyl (C=O) groups excluding carboxylic acids is 2. The fraction of sp³-hybridized carbons (Fsp3) is 0.909. The second-order valence-electron chi connectivity index (χ2n) is 15.5. The Morgan fingerprint density at radius 1 is 0.408 bits per heavy atom. The van der Waals surface area contributed by atoms with E-state index in [1.54, 1.807) is 0 Å². The number of unbranched alkanes of at least 4 members (excludes halogenated alkanes) is 30. The maximum Gasteiger partial charge on any atom is 0.334 e. The number of hydrogen-bond donors (Lipinski definition) is 0. The topological polar surface area (TPSA) is 65.1 Å². The predicted octanol–water partition coefficient (Wildman–Crippen LogP) is 13.5. The molecule has 5 heteroatoms. The molecule has 0 aromatic rings. The summed E-state index contributed by atoms with van der Waals surface area (Å²) in [6.07, 6.45) is 43.4. The molecular weight excluding hydrogens is 608 g/mol. The summed E-state index contributed by atoms with van der Waals surface area (Å²) in [6.45, 7) is 5.42. The molecule has 2 atom stereocenters. The Labute approximate surface area is 303 Å². The Hall–Kier alpha value is -1.36. The third kappa shape index (κ3) is 23.7. The highest BCUT2D eigenvalue weighted by Crippen LogP contribution is 2.40. The maximum absolute atomic E-state index is 12.9. The molecule has 5 nitrogen and oxygen atoms in total. The molecule has 2 unspecified atom stereocenters. The lowest BCUT2D eigenvalue weighted by Crippen LogP contribution is -2.23. The van der Waals surface area contributed by atoms with Crippen molar-refractivity contribution in [2.24, 2.45) is 0 Å². The first kappa shape index (κ1) is 43.8. The van der Waals surface area contributed by atoms with Crippen molar-refractivity contribution in [3.05, 3.63) is 11.1 Å². The summed E-state index contributed by atoms with van der Waals surface area (Å²) in [5.41, 5.74) is 0.986. The van der Waals surface area contributed by atoms with Crippen molar-refractivity contribution in [2.45, 2.75) is 244 Å². The zero-order chi connectivity index (χ0) is 35.0. The van der Waals surface area contributed by atoms with E-state index in [9.17, 15) is 9.59 Å². The lowest BCUT2D eigenvalue weighted by atomic mass is 9.91. The van der Waals surface area contributed by atoms with Crippen LogP contribution in [0, 0.1) is 0 Å². The number of carbonyl (C=O) groups is 2. The molecule has 2 rings (SSSR count). The molecule has 1 fully saturated rings. The van der Waals surface area contributed by atoms with Gasteiger partial charge in [-0.2, -0.15) is 0 Å². The SMILES string of the molecule is CCCCCCCCCCCCCCCCCCOC(=O)C1=C(C(=O)OCCCCCCCCCCCCCCCCCC)CC2OC2C1. The predicted molar refractivity (Wildman–Crippen MR) is 206 cm³/mol. The van der Waals surface area contributed by atoms with E-state index in [4.69, 9.17) is 14.2 Å². The average molecular weight is 689 g/mol. The van der Waals surface area contributed by atoms with Gasteiger partial charge in [0.25, 0.3) is 0 Å². The number of hydrogen-bond acceptors (Lipinski definition) is 5. The first-order valence-corrected chi connectivity index (χ1v) is 21.9. The molecule has 0 aromatic heterocycles. The number of fused-ring (bicyclic) bond motifs is 1. The quantitative estimate of drug-likeness (QED) is 0.0372. The van der Waals surface area contributed by atoms with Crippen molar-refractivity contribution < 1.29 is 23.8 Å². The van der Waals surface area contributed by atoms with Gasteiger partial charge < -0.3 is 14.2 Å². The van der Waals surface area contributed by atoms with Crippen molar-refractivity contribution in [2.75, 3.05) is 13.2 Å². The summed E-state index contributed by atoms with van der Waals surface area (Å²) in [7, 11) is 0. The van der Waals surface area contributed by atoms with Gasteiger partial charge in [-0.1, -0.05) is 206 Å². The molecule has 49 heavy (non-hydrogen) atoms. The van der Waals surface area contributed by atoms with Gasteiger partial charge in [0.05, 0.1) is 36.6 Å². The van der Waals surface area contributed by atoms with E-state index in [0.29, 0.717) is 37.2 Å². The third-order valence-corrected chi connectivity index (χ3v) is 10.8. The zero-order valence-electron chi connectivity index (χ0n) is 32.7. The summed E-state index contributed by atoms with van der Waals surface area (Å²) >= 11 is 0. The van der Waals surface area contributed by atoms with Gasteiger partial charge in [-0.15, -0.1) is 0 Å². The normalized spacial score (nSPS) is 16.9. The molecule has 1 saturated heterocycles. The molecule has 0 saturated carbocycles. The van der Waals surface area contributed by atoms with Gasteiger partial charge in [-0.05, 0) is 12.8 Å². The standard InChI is InChI=1S/C44H80O5/c1-3-5-7-9-11-13-15-17-19-21-23-25-27-29-31-33-35-47-43(45)39-37-41-42(49-41)38-40(39)44(46)48-36-34-32-30-28-26-24-22-20-18-16-14-12-10-8-6-4-2/h41-42H,3-38H2,1-2H3. The van der Waals surface area contributed by atoms with Gasteiger partial charge in [-0.25, -0.2) is 9.59 Å². The molecule has 1 aliphatic heterocycles. The molecule has 2 aliphatic rings. The molecule has 0 spiro atoms. The van der Waals surface area contributed by atoms with Crippen molar-refractivity contribution in [3.63, 3.8) is 0 Å². The van der Waals surface area contributed by atoms with Crippen LogP contribution in [0.25, 0.3) is 0 Å². The van der Waals surface area contributed by atoms with Crippen LogP contribution >= 0.6 is 0 Å². The Morgan fingerprint density at radius 3 is 0.878 bits per heavy atom. The average Bonchev–Trinajstić information content (AvgIpc) is 3.89. The Kier molecular flexibility index (Phi) is 28.1. The molecule has 0 bridgehead atoms. The van der Waals surface area contributed by atoms with Gasteiger partial charge in [0.15, 0.2) is 0 Å². The molecule has 0 radical (unpaired) electrons. The van der Waals surface area contributed by atoms with Crippen LogP contribution < -0.4 is 0 Å². The Bertz CT molecular complexity index is 769. The monoisotopic (exact) mass is 689 g/mol. The maximum atomic E-state index is 12.9. The smallest absolute Gasteiger partial charge is 0.334 e. The van der Waals surface area contributed by atoms with E-state index in [-0.39, 0.29) is 24.1 Å². The number of esters is 2. The van der Waals surface area contributed by atoms with Crippen LogP contribution in [0.2, 0.25) is 0 Å². The molecule has 286 valence electrons. The summed E-state index contributed by atoms with van der Waals surface area (Å²) in [5.74, 6) is -0.687. The lowest BCUT2D eigenvalue weighted by Gasteiger charge is -2.16. The van der Waals surface area contributed by atoms with Gasteiger partial charge in [0, 0.05) is 12.8 Å². The van der Waals surface area contributed by atoms with Crippen molar-refractivity contribution in [1.29, 1.82) is 0 Å². The van der Waals surface area contributed by atoms with Crippen LogP contribution in [0.4, 0.5) is 0 Å². The second kappa shape index (κ2) is 31.4. The molecule has 1 heterocycles. The van der Waals surface area contributed by atoms with Crippen molar-refractivity contribution in [3.8, 4) is 0 Å². The highest BCUT2D eigenvalue weighted by atomic mass is 16.6. The summed E-state index contributed by atoms with van der Waals surface area (Å²) in [4.78, 5) is 25.9. The van der Waals surface area contributed by atoms with E-state index in [1.165, 1.54) is 180 Å². The van der Waals surface area contributed by atoms with Crippen LogP contribution in [-0.2, 0) is 23.8 Å². The molecule has 0 N–H and O–H groups in total. The zero-order valence-corrected chi connectivity index (χ0v) is 32.7. The van der Waals surface area contributed by atoms with Gasteiger partial charge in [0.1, 0.15) is 0 Å². The fourth-order valence-electron chi connectivity index (χ4n) is 7.40. The first-order valence-electron chi connectivity index (χ1n) is 21.9. The van der Waals surface area contributed by atoms with E-state index in [0.717, 1.165) is 25.7 Å². The summed E-state index contributed by atoms with van der Waals surface area (Å²) < 4.78 is 16.9. The second-order valence-corrected chi connectivity index (χ2v) is 15.5. The molecular formula is C44H80O5. The molecule has 1 aliphatic carbocycles. The minimum Gasteiger partial charge on any atom is -0.462 e. The van der Waals surface area contributed by atoms with Gasteiger partial charge in [-0.3, -0.25) is 0 Å². The fourth-order valence-corrected chi connectivity index (χ4v) is 7.40. The Morgan fingerprint density at radius 2 is 0.633 bits per heavy atom. The van der Waals surface area contributed by atoms with E-state index in [2.05, 4.69) is 13.8 Å². The van der Waals surface area contributed by atoms with E-state index < -0.39 is 0 Å². The van der Waals surface area contributed by atoms with E-state index in [1.807, 2.05) is 0 Å². The largest absolute Gasteiger partial charge is 0.462 e. The van der Waals surface area contributed by atoms with Crippen LogP contribution in [0.1, 0.15) is 232 Å². The van der Waals surface area contributed by atoms with Crippen LogP contribution in [0.15, 0.2) is 11.1 Å². The summed E-state index contributed by atoms with van der Waals surface area (Å²) in [5, 5.41) is 0. The highest BCUT2D eigenvalue weighted by molar-refractivity contribution is 6.01. The van der Waals surface area contributed by atoms with Crippen LogP contribution in [0.5, 0.6) is 0 Å². The van der Waals surface area contributed by atoms with Gasteiger partial charge in [0.2, 0.25) is 0 Å². The third-order valence-electron chi connectivity index (χ3n) is 10.8.